The van der Waals surface area contributed by atoms with E-state index in [0.29, 0.717) is 12.8 Å². The Labute approximate surface area is 113 Å². The lowest BCUT2D eigenvalue weighted by molar-refractivity contribution is 0.174. The molecule has 4 rings (SSSR count). The minimum Gasteiger partial charge on any atom is -0.454 e. The van der Waals surface area contributed by atoms with E-state index >= 15 is 0 Å². The summed E-state index contributed by atoms with van der Waals surface area (Å²) < 4.78 is 10.8. The molecule has 1 saturated heterocycles. The first-order valence-corrected chi connectivity index (χ1v) is 7.22. The Bertz CT molecular complexity index is 523. The Balaban J connectivity index is 1.52. The molecule has 2 aliphatic heterocycles. The second-order valence-electron chi connectivity index (χ2n) is 5.63. The summed E-state index contributed by atoms with van der Waals surface area (Å²) in [6.07, 6.45) is 7.68. The highest BCUT2D eigenvalue weighted by Crippen LogP contribution is 2.35. The molecule has 1 fully saturated rings. The summed E-state index contributed by atoms with van der Waals surface area (Å²) in [5.74, 6) is 1.78. The fraction of sp³-hybridized carbons (Fsp3) is 0.500. The molecule has 0 radical (unpaired) electrons. The molecule has 0 aromatic heterocycles. The van der Waals surface area contributed by atoms with E-state index in [1.54, 1.807) is 5.57 Å². The predicted molar refractivity (Wildman–Crippen MR) is 73.3 cm³/mol. The minimum atomic E-state index is 0.359. The summed E-state index contributed by atoms with van der Waals surface area (Å²) in [5.41, 5.74) is 3.00. The van der Waals surface area contributed by atoms with Gasteiger partial charge in [0.15, 0.2) is 11.5 Å². The van der Waals surface area contributed by atoms with Gasteiger partial charge >= 0.3 is 0 Å². The highest BCUT2D eigenvalue weighted by Gasteiger charge is 2.30. The number of likely N-dealkylation sites (tertiary alicyclic amines) is 1. The third-order valence-electron chi connectivity index (χ3n) is 4.47. The minimum absolute atomic E-state index is 0.359. The van der Waals surface area contributed by atoms with Crippen molar-refractivity contribution in [1.82, 2.24) is 4.90 Å². The van der Waals surface area contributed by atoms with Crippen molar-refractivity contribution < 1.29 is 9.47 Å². The maximum Gasteiger partial charge on any atom is 0.231 e. The Hall–Kier alpha value is -1.48. The lowest BCUT2D eigenvalue weighted by atomic mass is 9.95. The zero-order chi connectivity index (χ0) is 12.7. The highest BCUT2D eigenvalue weighted by atomic mass is 16.7. The molecular weight excluding hydrogens is 238 g/mol. The van der Waals surface area contributed by atoms with E-state index in [0.717, 1.165) is 18.0 Å². The molecule has 0 bridgehead atoms. The summed E-state index contributed by atoms with van der Waals surface area (Å²) in [4.78, 5) is 2.61. The lowest BCUT2D eigenvalue weighted by Crippen LogP contribution is -2.30. The molecule has 1 aromatic rings. The van der Waals surface area contributed by atoms with E-state index in [2.05, 4.69) is 23.1 Å². The Kier molecular flexibility index (Phi) is 2.73. The van der Waals surface area contributed by atoms with Gasteiger partial charge in [-0.05, 0) is 43.4 Å². The number of allylic oxidation sites excluding steroid dienone is 1. The van der Waals surface area contributed by atoms with Gasteiger partial charge < -0.3 is 9.47 Å². The van der Waals surface area contributed by atoms with Crippen molar-refractivity contribution in [2.75, 3.05) is 13.3 Å². The van der Waals surface area contributed by atoms with Gasteiger partial charge in [-0.15, -0.1) is 0 Å². The van der Waals surface area contributed by atoms with Crippen LogP contribution in [0.3, 0.4) is 0 Å². The molecule has 0 saturated carbocycles. The van der Waals surface area contributed by atoms with Crippen molar-refractivity contribution in [3.05, 3.63) is 35.4 Å². The number of rotatable bonds is 2. The molecule has 0 amide bonds. The normalized spacial score (nSPS) is 25.3. The Morgan fingerprint density at radius 1 is 1.21 bits per heavy atom. The molecule has 1 atom stereocenters. The van der Waals surface area contributed by atoms with E-state index in [1.165, 1.54) is 37.8 Å². The second kappa shape index (κ2) is 4.57. The van der Waals surface area contributed by atoms with Crippen LogP contribution in [0.25, 0.3) is 0 Å². The second-order valence-corrected chi connectivity index (χ2v) is 5.63. The number of hydrogen-bond acceptors (Lipinski definition) is 3. The van der Waals surface area contributed by atoms with Crippen LogP contribution in [0.1, 0.15) is 31.2 Å². The van der Waals surface area contributed by atoms with Crippen LogP contribution in [0.15, 0.2) is 29.8 Å². The first kappa shape index (κ1) is 11.4. The van der Waals surface area contributed by atoms with Gasteiger partial charge in [-0.1, -0.05) is 17.7 Å². The van der Waals surface area contributed by atoms with Gasteiger partial charge in [0.05, 0.1) is 0 Å². The average Bonchev–Trinajstić information content (AvgIpc) is 3.06. The van der Waals surface area contributed by atoms with Crippen LogP contribution in [0, 0.1) is 0 Å². The SMILES string of the molecule is C1=C2CCN(Cc3ccc4c(c3)OCO4)C2CCC1. The number of nitrogens with zero attached hydrogens (tertiary/aromatic N) is 1. The molecule has 2 heterocycles. The van der Waals surface area contributed by atoms with Gasteiger partial charge in [0, 0.05) is 19.1 Å². The van der Waals surface area contributed by atoms with Crippen LogP contribution in [-0.4, -0.2) is 24.3 Å². The van der Waals surface area contributed by atoms with E-state index in [1.807, 2.05) is 6.07 Å². The lowest BCUT2D eigenvalue weighted by Gasteiger charge is -2.27. The van der Waals surface area contributed by atoms with E-state index in [4.69, 9.17) is 9.47 Å². The molecule has 100 valence electrons. The van der Waals surface area contributed by atoms with Gasteiger partial charge in [-0.25, -0.2) is 0 Å². The molecular formula is C16H19NO2. The zero-order valence-corrected chi connectivity index (χ0v) is 11.1. The Morgan fingerprint density at radius 2 is 2.16 bits per heavy atom. The van der Waals surface area contributed by atoms with Gasteiger partial charge in [0.25, 0.3) is 0 Å². The van der Waals surface area contributed by atoms with E-state index in [9.17, 15) is 0 Å². The fourth-order valence-electron chi connectivity index (χ4n) is 3.50. The maximum atomic E-state index is 5.46. The van der Waals surface area contributed by atoms with Crippen molar-refractivity contribution >= 4 is 0 Å². The number of fused-ring (bicyclic) bond motifs is 2. The first-order valence-electron chi connectivity index (χ1n) is 7.22. The van der Waals surface area contributed by atoms with Gasteiger partial charge in [0.1, 0.15) is 0 Å². The standard InChI is InChI=1S/C16H19NO2/c1-2-4-14-13(3-1)7-8-17(14)10-12-5-6-15-16(9-12)19-11-18-15/h3,5-6,9,14H,1-2,4,7-8,10-11H2. The smallest absolute Gasteiger partial charge is 0.231 e. The first-order chi connectivity index (χ1) is 9.40. The third kappa shape index (κ3) is 2.02. The molecule has 3 nitrogen and oxygen atoms in total. The Morgan fingerprint density at radius 3 is 3.16 bits per heavy atom. The maximum absolute atomic E-state index is 5.46. The van der Waals surface area contributed by atoms with Crippen LogP contribution in [0.4, 0.5) is 0 Å². The molecule has 19 heavy (non-hydrogen) atoms. The summed E-state index contributed by atoms with van der Waals surface area (Å²) in [6, 6.07) is 7.02. The quantitative estimate of drug-likeness (QED) is 0.760. The van der Waals surface area contributed by atoms with Crippen molar-refractivity contribution in [3.8, 4) is 11.5 Å². The van der Waals surface area contributed by atoms with E-state index < -0.39 is 0 Å². The van der Waals surface area contributed by atoms with Crippen LogP contribution >= 0.6 is 0 Å². The van der Waals surface area contributed by atoms with Crippen molar-refractivity contribution in [2.24, 2.45) is 0 Å². The van der Waals surface area contributed by atoms with Gasteiger partial charge in [-0.2, -0.15) is 0 Å². The van der Waals surface area contributed by atoms with Crippen LogP contribution in [0.5, 0.6) is 11.5 Å². The summed E-state index contributed by atoms with van der Waals surface area (Å²) in [5, 5.41) is 0. The topological polar surface area (TPSA) is 21.7 Å². The van der Waals surface area contributed by atoms with Crippen LogP contribution in [-0.2, 0) is 6.54 Å². The molecule has 0 spiro atoms. The average molecular weight is 257 g/mol. The van der Waals surface area contributed by atoms with Crippen molar-refractivity contribution in [2.45, 2.75) is 38.3 Å². The summed E-state index contributed by atoms with van der Waals surface area (Å²) in [6.45, 7) is 2.58. The predicted octanol–water partition coefficient (Wildman–Crippen LogP) is 3.10. The molecule has 1 aliphatic carbocycles. The molecule has 1 aromatic carbocycles. The van der Waals surface area contributed by atoms with Crippen molar-refractivity contribution in [1.29, 1.82) is 0 Å². The molecule has 3 heteroatoms. The summed E-state index contributed by atoms with van der Waals surface area (Å²) >= 11 is 0. The monoisotopic (exact) mass is 257 g/mol. The third-order valence-corrected chi connectivity index (χ3v) is 4.47. The fourth-order valence-corrected chi connectivity index (χ4v) is 3.50. The zero-order valence-electron chi connectivity index (χ0n) is 11.1. The summed E-state index contributed by atoms with van der Waals surface area (Å²) in [7, 11) is 0. The van der Waals surface area contributed by atoms with Gasteiger partial charge in [0.2, 0.25) is 6.79 Å². The number of hydrogen-bond donors (Lipinski definition) is 0. The van der Waals surface area contributed by atoms with Crippen LogP contribution in [0.2, 0.25) is 0 Å². The molecule has 1 unspecified atom stereocenters. The largest absolute Gasteiger partial charge is 0.454 e. The van der Waals surface area contributed by atoms with Crippen LogP contribution < -0.4 is 9.47 Å². The number of ether oxygens (including phenoxy) is 2. The molecule has 0 N–H and O–H groups in total. The number of benzene rings is 1. The van der Waals surface area contributed by atoms with E-state index in [-0.39, 0.29) is 0 Å². The molecule has 3 aliphatic rings. The van der Waals surface area contributed by atoms with Gasteiger partial charge in [-0.3, -0.25) is 4.90 Å². The highest BCUT2D eigenvalue weighted by molar-refractivity contribution is 5.44. The van der Waals surface area contributed by atoms with Crippen molar-refractivity contribution in [3.63, 3.8) is 0 Å².